The Balaban J connectivity index is 1.57. The van der Waals surface area contributed by atoms with Gasteiger partial charge in [-0.25, -0.2) is 0 Å². The molecule has 0 aromatic heterocycles. The lowest BCUT2D eigenvalue weighted by Gasteiger charge is -2.18. The molecule has 3 aromatic carbocycles. The topological polar surface area (TPSA) is 64.6 Å². The summed E-state index contributed by atoms with van der Waals surface area (Å²) in [5.74, 6) is 0.646. The van der Waals surface area contributed by atoms with E-state index in [9.17, 15) is 9.59 Å². The molecule has 1 aliphatic heterocycles. The highest BCUT2D eigenvalue weighted by molar-refractivity contribution is 6.15. The van der Waals surface area contributed by atoms with Gasteiger partial charge in [0.2, 0.25) is 0 Å². The number of fused-ring (bicyclic) bond motifs is 1. The Morgan fingerprint density at radius 1 is 0.786 bits per heavy atom. The molecule has 0 fully saturated rings. The first-order chi connectivity index (χ1) is 13.7. The number of ketones is 1. The van der Waals surface area contributed by atoms with Crippen LogP contribution in [-0.2, 0) is 6.54 Å². The Labute approximate surface area is 162 Å². The fraction of sp³-hybridized carbons (Fsp3) is 0.130. The van der Waals surface area contributed by atoms with Crippen LogP contribution < -0.4 is 14.8 Å². The van der Waals surface area contributed by atoms with Gasteiger partial charge in [0.1, 0.15) is 13.2 Å². The average Bonchev–Trinajstić information content (AvgIpc) is 2.77. The molecule has 0 spiro atoms. The van der Waals surface area contributed by atoms with Crippen molar-refractivity contribution in [2.45, 2.75) is 6.54 Å². The molecule has 5 heteroatoms. The predicted molar refractivity (Wildman–Crippen MR) is 105 cm³/mol. The van der Waals surface area contributed by atoms with E-state index >= 15 is 0 Å². The van der Waals surface area contributed by atoms with Crippen molar-refractivity contribution >= 4 is 11.7 Å². The van der Waals surface area contributed by atoms with E-state index in [0.29, 0.717) is 47.9 Å². The maximum Gasteiger partial charge on any atom is 0.252 e. The summed E-state index contributed by atoms with van der Waals surface area (Å²) in [6.07, 6.45) is 0. The fourth-order valence-electron chi connectivity index (χ4n) is 3.09. The first-order valence-electron chi connectivity index (χ1n) is 9.08. The minimum Gasteiger partial charge on any atom is -0.486 e. The summed E-state index contributed by atoms with van der Waals surface area (Å²) < 4.78 is 11.1. The van der Waals surface area contributed by atoms with Crippen LogP contribution in [0.25, 0.3) is 0 Å². The maximum absolute atomic E-state index is 13.1. The highest BCUT2D eigenvalue weighted by Crippen LogP contribution is 2.31. The summed E-state index contributed by atoms with van der Waals surface area (Å²) in [7, 11) is 0. The van der Waals surface area contributed by atoms with E-state index in [1.165, 1.54) is 0 Å². The van der Waals surface area contributed by atoms with Crippen LogP contribution in [0.1, 0.15) is 31.8 Å². The number of hydrogen-bond donors (Lipinski definition) is 1. The van der Waals surface area contributed by atoms with Crippen LogP contribution >= 0.6 is 0 Å². The minimum atomic E-state index is -0.287. The molecule has 1 N–H and O–H groups in total. The number of benzene rings is 3. The fourth-order valence-corrected chi connectivity index (χ4v) is 3.09. The molecule has 1 heterocycles. The first-order valence-corrected chi connectivity index (χ1v) is 9.08. The van der Waals surface area contributed by atoms with Gasteiger partial charge in [0.05, 0.1) is 5.56 Å². The van der Waals surface area contributed by atoms with E-state index < -0.39 is 0 Å². The molecule has 28 heavy (non-hydrogen) atoms. The zero-order chi connectivity index (χ0) is 19.3. The monoisotopic (exact) mass is 373 g/mol. The standard InChI is InChI=1S/C23H19NO4/c25-22(17-10-11-20-21(14-17)28-13-12-27-20)18-8-4-5-9-19(18)23(26)24-15-16-6-2-1-3-7-16/h1-11,14H,12-13,15H2,(H,24,26). The van der Waals surface area contributed by atoms with Gasteiger partial charge in [0.25, 0.3) is 5.91 Å². The molecule has 0 bridgehead atoms. The lowest BCUT2D eigenvalue weighted by atomic mass is 9.97. The van der Waals surface area contributed by atoms with Crippen LogP contribution in [0, 0.1) is 0 Å². The largest absolute Gasteiger partial charge is 0.486 e. The van der Waals surface area contributed by atoms with Crippen molar-refractivity contribution in [2.24, 2.45) is 0 Å². The predicted octanol–water partition coefficient (Wildman–Crippen LogP) is 3.62. The minimum absolute atomic E-state index is 0.234. The molecule has 0 unspecified atom stereocenters. The molecule has 1 aliphatic rings. The van der Waals surface area contributed by atoms with Crippen LogP contribution in [0.3, 0.4) is 0 Å². The second kappa shape index (κ2) is 7.96. The Hall–Kier alpha value is -3.60. The van der Waals surface area contributed by atoms with Crippen LogP contribution in [0.15, 0.2) is 72.8 Å². The summed E-state index contributed by atoms with van der Waals surface area (Å²) in [4.78, 5) is 25.8. The summed E-state index contributed by atoms with van der Waals surface area (Å²) >= 11 is 0. The lowest BCUT2D eigenvalue weighted by molar-refractivity contribution is 0.0939. The zero-order valence-corrected chi connectivity index (χ0v) is 15.2. The molecular weight excluding hydrogens is 354 g/mol. The average molecular weight is 373 g/mol. The van der Waals surface area contributed by atoms with E-state index in [1.54, 1.807) is 42.5 Å². The van der Waals surface area contributed by atoms with Crippen molar-refractivity contribution in [3.63, 3.8) is 0 Å². The third-order valence-corrected chi connectivity index (χ3v) is 4.52. The smallest absolute Gasteiger partial charge is 0.252 e. The van der Waals surface area contributed by atoms with Crippen molar-refractivity contribution < 1.29 is 19.1 Å². The van der Waals surface area contributed by atoms with Gasteiger partial charge in [-0.2, -0.15) is 0 Å². The van der Waals surface area contributed by atoms with Gasteiger partial charge >= 0.3 is 0 Å². The molecule has 4 rings (SSSR count). The summed E-state index contributed by atoms with van der Waals surface area (Å²) in [6.45, 7) is 1.33. The summed E-state index contributed by atoms with van der Waals surface area (Å²) in [5, 5.41) is 2.88. The number of nitrogens with one attached hydrogen (secondary N) is 1. The quantitative estimate of drug-likeness (QED) is 0.694. The highest BCUT2D eigenvalue weighted by Gasteiger charge is 2.20. The van der Waals surface area contributed by atoms with Crippen molar-refractivity contribution in [2.75, 3.05) is 13.2 Å². The van der Waals surface area contributed by atoms with Gasteiger partial charge in [-0.15, -0.1) is 0 Å². The first kappa shape index (κ1) is 17.8. The highest BCUT2D eigenvalue weighted by atomic mass is 16.6. The molecule has 0 radical (unpaired) electrons. The van der Waals surface area contributed by atoms with Gasteiger partial charge < -0.3 is 14.8 Å². The lowest BCUT2D eigenvalue weighted by Crippen LogP contribution is -2.25. The van der Waals surface area contributed by atoms with Crippen molar-refractivity contribution in [3.8, 4) is 11.5 Å². The molecular formula is C23H19NO4. The van der Waals surface area contributed by atoms with Gasteiger partial charge in [-0.1, -0.05) is 48.5 Å². The Morgan fingerprint density at radius 2 is 1.46 bits per heavy atom. The van der Waals surface area contributed by atoms with Crippen molar-refractivity contribution in [1.29, 1.82) is 0 Å². The van der Waals surface area contributed by atoms with Crippen molar-refractivity contribution in [3.05, 3.63) is 95.1 Å². The Morgan fingerprint density at radius 3 is 2.25 bits per heavy atom. The molecule has 5 nitrogen and oxygen atoms in total. The van der Waals surface area contributed by atoms with Crippen LogP contribution in [0.5, 0.6) is 11.5 Å². The van der Waals surface area contributed by atoms with Crippen LogP contribution in [0.2, 0.25) is 0 Å². The van der Waals surface area contributed by atoms with E-state index in [-0.39, 0.29) is 11.7 Å². The van der Waals surface area contributed by atoms with Gasteiger partial charge in [-0.3, -0.25) is 9.59 Å². The number of amides is 1. The molecule has 3 aromatic rings. The second-order valence-corrected chi connectivity index (χ2v) is 6.40. The number of hydrogen-bond acceptors (Lipinski definition) is 4. The van der Waals surface area contributed by atoms with E-state index in [1.807, 2.05) is 30.3 Å². The Bertz CT molecular complexity index is 1010. The normalized spacial score (nSPS) is 12.3. The SMILES string of the molecule is O=C(NCc1ccccc1)c1ccccc1C(=O)c1ccc2c(c1)OCCO2. The summed E-state index contributed by atoms with van der Waals surface area (Å²) in [5.41, 5.74) is 2.14. The van der Waals surface area contributed by atoms with Crippen LogP contribution in [0.4, 0.5) is 0 Å². The Kier molecular flexibility index (Phi) is 5.06. The second-order valence-electron chi connectivity index (χ2n) is 6.40. The van der Waals surface area contributed by atoms with E-state index in [4.69, 9.17) is 9.47 Å². The number of rotatable bonds is 5. The van der Waals surface area contributed by atoms with Crippen LogP contribution in [-0.4, -0.2) is 24.9 Å². The maximum atomic E-state index is 13.1. The molecule has 0 atom stereocenters. The number of ether oxygens (including phenoxy) is 2. The third-order valence-electron chi connectivity index (χ3n) is 4.52. The van der Waals surface area contributed by atoms with E-state index in [0.717, 1.165) is 5.56 Å². The van der Waals surface area contributed by atoms with Crippen molar-refractivity contribution in [1.82, 2.24) is 5.32 Å². The van der Waals surface area contributed by atoms with Gasteiger partial charge in [-0.05, 0) is 29.8 Å². The van der Waals surface area contributed by atoms with Gasteiger partial charge in [0, 0.05) is 17.7 Å². The molecule has 1 amide bonds. The summed E-state index contributed by atoms with van der Waals surface area (Å²) in [6, 6.07) is 21.5. The number of carbonyl (C=O) groups excluding carboxylic acids is 2. The van der Waals surface area contributed by atoms with E-state index in [2.05, 4.69) is 5.32 Å². The van der Waals surface area contributed by atoms with Gasteiger partial charge in [0.15, 0.2) is 17.3 Å². The molecule has 0 saturated carbocycles. The zero-order valence-electron chi connectivity index (χ0n) is 15.2. The molecule has 0 aliphatic carbocycles. The third kappa shape index (κ3) is 3.74. The molecule has 0 saturated heterocycles. The molecule has 140 valence electrons. The number of carbonyl (C=O) groups is 2.